The van der Waals surface area contributed by atoms with E-state index in [1.807, 2.05) is 6.07 Å². The van der Waals surface area contributed by atoms with Gasteiger partial charge in [0.15, 0.2) is 0 Å². The van der Waals surface area contributed by atoms with Crippen LogP contribution in [0, 0.1) is 5.92 Å². The van der Waals surface area contributed by atoms with E-state index in [-0.39, 0.29) is 0 Å². The summed E-state index contributed by atoms with van der Waals surface area (Å²) in [6.45, 7) is 4.53. The van der Waals surface area contributed by atoms with Gasteiger partial charge in [-0.1, -0.05) is 12.5 Å². The topological polar surface area (TPSA) is 45.7 Å². The molecule has 0 atom stereocenters. The van der Waals surface area contributed by atoms with Gasteiger partial charge in [-0.3, -0.25) is 9.69 Å². The maximum absolute atomic E-state index is 12.4. The number of rotatable bonds is 4. The van der Waals surface area contributed by atoms with Gasteiger partial charge < -0.3 is 9.64 Å². The molecule has 1 saturated carbocycles. The minimum Gasteiger partial charge on any atom is -0.481 e. The Morgan fingerprint density at radius 2 is 2.14 bits per heavy atom. The van der Waals surface area contributed by atoms with Gasteiger partial charge in [0.25, 0.3) is 0 Å². The second-order valence-corrected chi connectivity index (χ2v) is 6.25. The first-order valence-electron chi connectivity index (χ1n) is 8.27. The molecule has 0 radical (unpaired) electrons. The molecule has 1 aliphatic carbocycles. The summed E-state index contributed by atoms with van der Waals surface area (Å²) in [5.74, 6) is 1.39. The number of nitrogens with zero attached hydrogens (tertiary/aromatic N) is 3. The quantitative estimate of drug-likeness (QED) is 0.852. The van der Waals surface area contributed by atoms with Crippen molar-refractivity contribution in [3.05, 3.63) is 23.9 Å². The van der Waals surface area contributed by atoms with Crippen molar-refractivity contribution in [3.63, 3.8) is 0 Å². The molecule has 0 unspecified atom stereocenters. The molecule has 5 nitrogen and oxygen atoms in total. The van der Waals surface area contributed by atoms with Gasteiger partial charge in [-0.15, -0.1) is 0 Å². The number of hydrogen-bond donors (Lipinski definition) is 0. The molecule has 22 heavy (non-hydrogen) atoms. The van der Waals surface area contributed by atoms with E-state index >= 15 is 0 Å². The highest BCUT2D eigenvalue weighted by Crippen LogP contribution is 2.28. The molecule has 0 bridgehead atoms. The van der Waals surface area contributed by atoms with Crippen LogP contribution < -0.4 is 4.74 Å². The molecule has 1 saturated heterocycles. The van der Waals surface area contributed by atoms with E-state index in [0.29, 0.717) is 17.7 Å². The van der Waals surface area contributed by atoms with Gasteiger partial charge in [-0.2, -0.15) is 0 Å². The van der Waals surface area contributed by atoms with Gasteiger partial charge in [0.2, 0.25) is 11.8 Å². The fourth-order valence-electron chi connectivity index (χ4n) is 3.23. The lowest BCUT2D eigenvalue weighted by Crippen LogP contribution is -2.41. The third kappa shape index (κ3) is 3.40. The molecule has 2 heterocycles. The standard InChI is InChI=1S/C17H25N3O2/c1-22-16-15(7-3-8-18-16)13-19-9-4-10-20(12-11-19)17(21)14-5-2-6-14/h3,7-8,14H,2,4-6,9-13H2,1H3. The molecule has 3 rings (SSSR count). The van der Waals surface area contributed by atoms with E-state index in [0.717, 1.165) is 57.5 Å². The number of pyridine rings is 1. The first-order chi connectivity index (χ1) is 10.8. The Kier molecular flexibility index (Phi) is 4.93. The molecule has 1 amide bonds. The van der Waals surface area contributed by atoms with Gasteiger partial charge in [-0.25, -0.2) is 4.98 Å². The van der Waals surface area contributed by atoms with Crippen LogP contribution in [0.1, 0.15) is 31.2 Å². The van der Waals surface area contributed by atoms with Gasteiger partial charge in [0.1, 0.15) is 0 Å². The van der Waals surface area contributed by atoms with Gasteiger partial charge in [-0.05, 0) is 25.3 Å². The van der Waals surface area contributed by atoms with E-state index in [2.05, 4.69) is 20.9 Å². The highest BCUT2D eigenvalue weighted by molar-refractivity contribution is 5.79. The number of ether oxygens (including phenoxy) is 1. The van der Waals surface area contributed by atoms with Crippen LogP contribution in [0.3, 0.4) is 0 Å². The Bertz CT molecular complexity index is 516. The van der Waals surface area contributed by atoms with Crippen molar-refractivity contribution < 1.29 is 9.53 Å². The van der Waals surface area contributed by atoms with E-state index in [1.165, 1.54) is 6.42 Å². The smallest absolute Gasteiger partial charge is 0.225 e. The highest BCUT2D eigenvalue weighted by atomic mass is 16.5. The number of amides is 1. The van der Waals surface area contributed by atoms with E-state index < -0.39 is 0 Å². The Morgan fingerprint density at radius 1 is 1.27 bits per heavy atom. The fourth-order valence-corrected chi connectivity index (χ4v) is 3.23. The molecule has 1 aromatic rings. The van der Waals surface area contributed by atoms with Gasteiger partial charge >= 0.3 is 0 Å². The summed E-state index contributed by atoms with van der Waals surface area (Å²) in [5, 5.41) is 0. The molecule has 1 aromatic heterocycles. The molecule has 0 spiro atoms. The number of hydrogen-bond acceptors (Lipinski definition) is 4. The third-order valence-electron chi connectivity index (χ3n) is 4.79. The Balaban J connectivity index is 1.57. The zero-order chi connectivity index (χ0) is 15.4. The first-order valence-corrected chi connectivity index (χ1v) is 8.27. The first kappa shape index (κ1) is 15.3. The predicted molar refractivity (Wildman–Crippen MR) is 84.6 cm³/mol. The van der Waals surface area contributed by atoms with Crippen molar-refractivity contribution in [1.82, 2.24) is 14.8 Å². The lowest BCUT2D eigenvalue weighted by molar-refractivity contribution is -0.138. The van der Waals surface area contributed by atoms with Gasteiger partial charge in [0, 0.05) is 50.4 Å². The zero-order valence-corrected chi connectivity index (χ0v) is 13.3. The number of carbonyl (C=O) groups excluding carboxylic acids is 1. The molecule has 120 valence electrons. The minimum atomic E-state index is 0.310. The van der Waals surface area contributed by atoms with E-state index in [9.17, 15) is 4.79 Å². The predicted octanol–water partition coefficient (Wildman–Crippen LogP) is 1.92. The lowest BCUT2D eigenvalue weighted by atomic mass is 9.84. The van der Waals surface area contributed by atoms with Crippen LogP contribution in [0.2, 0.25) is 0 Å². The molecule has 2 fully saturated rings. The number of carbonyl (C=O) groups is 1. The maximum atomic E-state index is 12.4. The summed E-state index contributed by atoms with van der Waals surface area (Å²) < 4.78 is 5.33. The van der Waals surface area contributed by atoms with Crippen molar-refractivity contribution in [3.8, 4) is 5.88 Å². The Labute approximate surface area is 132 Å². The van der Waals surface area contributed by atoms with Gasteiger partial charge in [0.05, 0.1) is 7.11 Å². The SMILES string of the molecule is COc1ncccc1CN1CCCN(C(=O)C2CCC2)CC1. The van der Waals surface area contributed by atoms with Crippen LogP contribution >= 0.6 is 0 Å². The summed E-state index contributed by atoms with van der Waals surface area (Å²) in [6, 6.07) is 4.01. The average molecular weight is 303 g/mol. The van der Waals surface area contributed by atoms with Crippen LogP contribution in [0.5, 0.6) is 5.88 Å². The van der Waals surface area contributed by atoms with Crippen LogP contribution in [0.15, 0.2) is 18.3 Å². The van der Waals surface area contributed by atoms with Crippen molar-refractivity contribution in [2.24, 2.45) is 5.92 Å². The second kappa shape index (κ2) is 7.09. The average Bonchev–Trinajstić information content (AvgIpc) is 2.72. The summed E-state index contributed by atoms with van der Waals surface area (Å²) in [7, 11) is 1.66. The normalized spacial score (nSPS) is 20.3. The Morgan fingerprint density at radius 3 is 2.86 bits per heavy atom. The maximum Gasteiger partial charge on any atom is 0.225 e. The summed E-state index contributed by atoms with van der Waals surface area (Å²) >= 11 is 0. The lowest BCUT2D eigenvalue weighted by Gasteiger charge is -2.31. The van der Waals surface area contributed by atoms with Crippen molar-refractivity contribution in [1.29, 1.82) is 0 Å². The molecule has 5 heteroatoms. The van der Waals surface area contributed by atoms with Crippen LogP contribution in [0.4, 0.5) is 0 Å². The van der Waals surface area contributed by atoms with Crippen LogP contribution in [-0.2, 0) is 11.3 Å². The molecular formula is C17H25N3O2. The number of aromatic nitrogens is 1. The summed E-state index contributed by atoms with van der Waals surface area (Å²) in [6.07, 6.45) is 6.19. The molecule has 0 aromatic carbocycles. The second-order valence-electron chi connectivity index (χ2n) is 6.25. The molecule has 2 aliphatic rings. The van der Waals surface area contributed by atoms with Crippen molar-refractivity contribution >= 4 is 5.91 Å². The monoisotopic (exact) mass is 303 g/mol. The molecular weight excluding hydrogens is 278 g/mol. The van der Waals surface area contributed by atoms with E-state index in [1.54, 1.807) is 13.3 Å². The van der Waals surface area contributed by atoms with Crippen LogP contribution in [-0.4, -0.2) is 54.0 Å². The van der Waals surface area contributed by atoms with Crippen molar-refractivity contribution in [2.45, 2.75) is 32.2 Å². The summed E-state index contributed by atoms with van der Waals surface area (Å²) in [4.78, 5) is 21.1. The largest absolute Gasteiger partial charge is 0.481 e. The third-order valence-corrected chi connectivity index (χ3v) is 4.79. The Hall–Kier alpha value is -1.62. The van der Waals surface area contributed by atoms with Crippen molar-refractivity contribution in [2.75, 3.05) is 33.3 Å². The highest BCUT2D eigenvalue weighted by Gasteiger charge is 2.30. The van der Waals surface area contributed by atoms with Crippen LogP contribution in [0.25, 0.3) is 0 Å². The number of methoxy groups -OCH3 is 1. The van der Waals surface area contributed by atoms with E-state index in [4.69, 9.17) is 4.74 Å². The molecule has 1 aliphatic heterocycles. The molecule has 0 N–H and O–H groups in total. The zero-order valence-electron chi connectivity index (χ0n) is 13.3. The summed E-state index contributed by atoms with van der Waals surface area (Å²) in [5.41, 5.74) is 1.11. The fraction of sp³-hybridized carbons (Fsp3) is 0.647. The minimum absolute atomic E-state index is 0.310.